The number of carbonyl (C=O) groups excluding carboxylic acids is 1. The quantitative estimate of drug-likeness (QED) is 0.774. The molecule has 0 radical (unpaired) electrons. The Hall–Kier alpha value is -1.27. The van der Waals surface area contributed by atoms with E-state index in [1.807, 2.05) is 5.32 Å². The van der Waals surface area contributed by atoms with Crippen LogP contribution in [0.15, 0.2) is 0 Å². The number of fused-ring (bicyclic) bond motifs is 1. The van der Waals surface area contributed by atoms with Gasteiger partial charge in [0.1, 0.15) is 0 Å². The average molecular weight is 251 g/mol. The molecule has 2 N–H and O–H groups in total. The van der Waals surface area contributed by atoms with E-state index in [0.717, 1.165) is 0 Å². The SMILES string of the molecule is O=C(O)C1C[C@H]2C[C@H](NC(=O)C(F)(F)F)[C@H]2C1. The number of alkyl halides is 3. The number of amides is 1. The van der Waals surface area contributed by atoms with Gasteiger partial charge in [0.25, 0.3) is 0 Å². The van der Waals surface area contributed by atoms with Gasteiger partial charge in [-0.05, 0) is 31.1 Å². The van der Waals surface area contributed by atoms with Crippen LogP contribution >= 0.6 is 0 Å². The summed E-state index contributed by atoms with van der Waals surface area (Å²) in [5.74, 6) is -3.27. The molecule has 0 bridgehead atoms. The molecule has 17 heavy (non-hydrogen) atoms. The molecule has 0 aliphatic heterocycles. The number of rotatable bonds is 2. The number of carboxylic acids is 1. The number of nitrogens with one attached hydrogen (secondary N) is 1. The Morgan fingerprint density at radius 2 is 1.82 bits per heavy atom. The van der Waals surface area contributed by atoms with Gasteiger partial charge in [-0.25, -0.2) is 0 Å². The third-order valence-electron chi connectivity index (χ3n) is 3.75. The molecule has 0 aromatic heterocycles. The zero-order valence-corrected chi connectivity index (χ0v) is 8.83. The van der Waals surface area contributed by atoms with Gasteiger partial charge in [-0.3, -0.25) is 9.59 Å². The Balaban J connectivity index is 1.88. The first kappa shape index (κ1) is 12.2. The summed E-state index contributed by atoms with van der Waals surface area (Å²) in [5.41, 5.74) is 0. The van der Waals surface area contributed by atoms with Crippen LogP contribution < -0.4 is 5.32 Å². The van der Waals surface area contributed by atoms with E-state index in [4.69, 9.17) is 5.11 Å². The number of carbonyl (C=O) groups is 2. The number of carboxylic acid groups (broad SMARTS) is 1. The van der Waals surface area contributed by atoms with Gasteiger partial charge in [-0.1, -0.05) is 0 Å². The molecular weight excluding hydrogens is 239 g/mol. The van der Waals surface area contributed by atoms with Crippen molar-refractivity contribution < 1.29 is 27.9 Å². The van der Waals surface area contributed by atoms with Gasteiger partial charge in [-0.15, -0.1) is 0 Å². The molecule has 2 fully saturated rings. The smallest absolute Gasteiger partial charge is 0.471 e. The Bertz CT molecular complexity index is 355. The van der Waals surface area contributed by atoms with Crippen LogP contribution in [0, 0.1) is 17.8 Å². The molecule has 2 saturated carbocycles. The molecule has 0 spiro atoms. The molecule has 1 amide bonds. The fourth-order valence-corrected chi connectivity index (χ4v) is 2.84. The molecule has 0 saturated heterocycles. The molecule has 7 heteroatoms. The summed E-state index contributed by atoms with van der Waals surface area (Å²) in [7, 11) is 0. The van der Waals surface area contributed by atoms with Gasteiger partial charge < -0.3 is 10.4 Å². The van der Waals surface area contributed by atoms with Crippen molar-refractivity contribution in [3.63, 3.8) is 0 Å². The van der Waals surface area contributed by atoms with E-state index in [0.29, 0.717) is 19.3 Å². The van der Waals surface area contributed by atoms with E-state index in [-0.39, 0.29) is 11.8 Å². The molecule has 96 valence electrons. The molecule has 2 aliphatic carbocycles. The molecule has 2 rings (SSSR count). The summed E-state index contributed by atoms with van der Waals surface area (Å²) in [5, 5.41) is 10.7. The first-order valence-corrected chi connectivity index (χ1v) is 5.39. The highest BCUT2D eigenvalue weighted by Crippen LogP contribution is 2.49. The lowest BCUT2D eigenvalue weighted by Crippen LogP contribution is -2.53. The lowest BCUT2D eigenvalue weighted by molar-refractivity contribution is -0.175. The predicted octanol–water partition coefficient (Wildman–Crippen LogP) is 1.16. The summed E-state index contributed by atoms with van der Waals surface area (Å²) in [6.07, 6.45) is -3.53. The Labute approximate surface area is 95.2 Å². The van der Waals surface area contributed by atoms with Crippen molar-refractivity contribution in [2.75, 3.05) is 0 Å². The van der Waals surface area contributed by atoms with Crippen LogP contribution in [0.25, 0.3) is 0 Å². The minimum atomic E-state index is -4.87. The van der Waals surface area contributed by atoms with Crippen LogP contribution in [0.5, 0.6) is 0 Å². The number of hydrogen-bond donors (Lipinski definition) is 2. The lowest BCUT2D eigenvalue weighted by atomic mass is 9.71. The van der Waals surface area contributed by atoms with Gasteiger partial charge >= 0.3 is 18.1 Å². The van der Waals surface area contributed by atoms with Gasteiger partial charge in [0.2, 0.25) is 0 Å². The maximum atomic E-state index is 12.0. The largest absolute Gasteiger partial charge is 0.481 e. The van der Waals surface area contributed by atoms with E-state index >= 15 is 0 Å². The molecule has 0 heterocycles. The van der Waals surface area contributed by atoms with Gasteiger partial charge in [0.05, 0.1) is 5.92 Å². The fourth-order valence-electron chi connectivity index (χ4n) is 2.84. The maximum absolute atomic E-state index is 12.0. The van der Waals surface area contributed by atoms with E-state index in [2.05, 4.69) is 0 Å². The predicted molar refractivity (Wildman–Crippen MR) is 49.9 cm³/mol. The van der Waals surface area contributed by atoms with Crippen LogP contribution in [0.1, 0.15) is 19.3 Å². The second-order valence-electron chi connectivity index (χ2n) is 4.74. The Morgan fingerprint density at radius 3 is 2.35 bits per heavy atom. The standard InChI is InChI=1S/C10H12F3NO3/c11-10(12,13)9(17)14-7-3-4-1-5(8(15)16)2-6(4)7/h4-7H,1-3H2,(H,14,17)(H,15,16)/t4-,5?,6-,7-/m0/s1. The Morgan fingerprint density at radius 1 is 1.18 bits per heavy atom. The number of hydrogen-bond acceptors (Lipinski definition) is 2. The van der Waals surface area contributed by atoms with Crippen molar-refractivity contribution in [2.24, 2.45) is 17.8 Å². The minimum Gasteiger partial charge on any atom is -0.481 e. The van der Waals surface area contributed by atoms with Crippen LogP contribution in [-0.2, 0) is 9.59 Å². The third kappa shape index (κ3) is 2.23. The molecule has 0 aromatic rings. The zero-order chi connectivity index (χ0) is 12.8. The Kier molecular flexibility index (Phi) is 2.79. The van der Waals surface area contributed by atoms with E-state index in [1.54, 1.807) is 0 Å². The van der Waals surface area contributed by atoms with Crippen LogP contribution in [0.3, 0.4) is 0 Å². The molecule has 0 aromatic carbocycles. The summed E-state index contributed by atoms with van der Waals surface area (Å²) in [6.45, 7) is 0. The van der Waals surface area contributed by atoms with Crippen molar-refractivity contribution in [3.05, 3.63) is 0 Å². The van der Waals surface area contributed by atoms with Crippen molar-refractivity contribution in [2.45, 2.75) is 31.5 Å². The minimum absolute atomic E-state index is 0.109. The maximum Gasteiger partial charge on any atom is 0.471 e. The van der Waals surface area contributed by atoms with Crippen LogP contribution in [0.2, 0.25) is 0 Å². The molecule has 2 aliphatic rings. The topological polar surface area (TPSA) is 66.4 Å². The lowest BCUT2D eigenvalue weighted by Gasteiger charge is -2.40. The van der Waals surface area contributed by atoms with Gasteiger partial charge in [0, 0.05) is 6.04 Å². The molecule has 1 unspecified atom stereocenters. The molecular formula is C10H12F3NO3. The van der Waals surface area contributed by atoms with Crippen molar-refractivity contribution in [3.8, 4) is 0 Å². The summed E-state index contributed by atoms with van der Waals surface area (Å²) >= 11 is 0. The highest BCUT2D eigenvalue weighted by molar-refractivity contribution is 5.82. The fraction of sp³-hybridized carbons (Fsp3) is 0.800. The van der Waals surface area contributed by atoms with Crippen LogP contribution in [0.4, 0.5) is 13.2 Å². The third-order valence-corrected chi connectivity index (χ3v) is 3.75. The van der Waals surface area contributed by atoms with Crippen molar-refractivity contribution >= 4 is 11.9 Å². The van der Waals surface area contributed by atoms with Gasteiger partial charge in [-0.2, -0.15) is 13.2 Å². The molecule has 4 nitrogen and oxygen atoms in total. The first-order chi connectivity index (χ1) is 7.79. The highest BCUT2D eigenvalue weighted by Gasteiger charge is 2.52. The summed E-state index contributed by atoms with van der Waals surface area (Å²) in [4.78, 5) is 21.5. The van der Waals surface area contributed by atoms with Crippen molar-refractivity contribution in [1.29, 1.82) is 0 Å². The van der Waals surface area contributed by atoms with Crippen LogP contribution in [-0.4, -0.2) is 29.2 Å². The normalized spacial score (nSPS) is 35.9. The summed E-state index contributed by atoms with van der Waals surface area (Å²) in [6, 6.07) is -0.515. The van der Waals surface area contributed by atoms with E-state index in [1.165, 1.54) is 0 Å². The second kappa shape index (κ2) is 3.89. The number of halogens is 3. The molecule has 4 atom stereocenters. The second-order valence-corrected chi connectivity index (χ2v) is 4.74. The average Bonchev–Trinajstić information content (AvgIpc) is 2.50. The first-order valence-electron chi connectivity index (χ1n) is 5.39. The zero-order valence-electron chi connectivity index (χ0n) is 8.83. The van der Waals surface area contributed by atoms with Gasteiger partial charge in [0.15, 0.2) is 0 Å². The summed E-state index contributed by atoms with van der Waals surface area (Å²) < 4.78 is 36.0. The van der Waals surface area contributed by atoms with E-state index in [9.17, 15) is 22.8 Å². The van der Waals surface area contributed by atoms with Crippen molar-refractivity contribution in [1.82, 2.24) is 5.32 Å². The van der Waals surface area contributed by atoms with E-state index < -0.39 is 30.0 Å². The monoisotopic (exact) mass is 251 g/mol. The number of aliphatic carboxylic acids is 1. The highest BCUT2D eigenvalue weighted by atomic mass is 19.4.